The molecule has 0 spiro atoms. The molecule has 0 fully saturated rings. The molecule has 1 aromatic heterocycles. The van der Waals surface area contributed by atoms with Gasteiger partial charge in [-0.3, -0.25) is 24.2 Å². The van der Waals surface area contributed by atoms with Crippen LogP contribution >= 0.6 is 12.6 Å². The number of rotatable bonds is 18. The van der Waals surface area contributed by atoms with Gasteiger partial charge in [0.15, 0.2) is 5.96 Å². The Bertz CT molecular complexity index is 1590. The predicted molar refractivity (Wildman–Crippen MR) is 185 cm³/mol. The van der Waals surface area contributed by atoms with Crippen LogP contribution in [0.15, 0.2) is 65.8 Å². The second-order valence-corrected chi connectivity index (χ2v) is 11.6. The van der Waals surface area contributed by atoms with Gasteiger partial charge in [-0.1, -0.05) is 48.5 Å². The summed E-state index contributed by atoms with van der Waals surface area (Å²) in [6.07, 6.45) is 2.40. The number of carbonyl (C=O) groups is 5. The molecule has 5 atom stereocenters. The first-order chi connectivity index (χ1) is 22.9. The smallest absolute Gasteiger partial charge is 0.327 e. The summed E-state index contributed by atoms with van der Waals surface area (Å²) in [5, 5.41) is 20.4. The minimum Gasteiger partial charge on any atom is -0.480 e. The standard InChI is InChI=1S/C32H43N9O6S/c1-18(27(42)41-26(17-48)31(46)47)38-30(45)25(15-20-16-37-23-11-6-5-10-21(20)23)40-29(44)24(12-7-13-36-32(34)35)39-28(43)22(33)14-19-8-3-2-4-9-19/h2-6,8-11,16,18,22,24-26,37,48H,7,12-15,17,33H2,1H3,(H,38,45)(H,39,43)(H,40,44)(H,41,42)(H,46,47)(H4,34,35,36)/t18-,22+,24+,25+,26+/m1/s1. The summed E-state index contributed by atoms with van der Waals surface area (Å²) in [4.78, 5) is 71.7. The first-order valence-electron chi connectivity index (χ1n) is 15.3. The monoisotopic (exact) mass is 681 g/mol. The minimum absolute atomic E-state index is 0.0203. The van der Waals surface area contributed by atoms with E-state index in [4.69, 9.17) is 17.2 Å². The van der Waals surface area contributed by atoms with Gasteiger partial charge >= 0.3 is 5.97 Å². The van der Waals surface area contributed by atoms with Gasteiger partial charge in [0.25, 0.3) is 0 Å². The van der Waals surface area contributed by atoms with Crippen molar-refractivity contribution in [2.24, 2.45) is 22.2 Å². The van der Waals surface area contributed by atoms with Crippen molar-refractivity contribution >= 4 is 59.1 Å². The van der Waals surface area contributed by atoms with Crippen molar-refractivity contribution in [2.45, 2.75) is 62.8 Å². The molecule has 0 aliphatic rings. The van der Waals surface area contributed by atoms with Crippen LogP contribution in [0.2, 0.25) is 0 Å². The molecule has 4 amide bonds. The number of nitrogens with one attached hydrogen (secondary N) is 5. The summed E-state index contributed by atoms with van der Waals surface area (Å²) in [7, 11) is 0. The molecule has 0 saturated carbocycles. The third kappa shape index (κ3) is 11.3. The zero-order valence-electron chi connectivity index (χ0n) is 26.5. The van der Waals surface area contributed by atoms with E-state index in [1.165, 1.54) is 6.92 Å². The number of benzene rings is 2. The van der Waals surface area contributed by atoms with E-state index in [2.05, 4.69) is 43.9 Å². The summed E-state index contributed by atoms with van der Waals surface area (Å²) in [6.45, 7) is 1.57. The summed E-state index contributed by atoms with van der Waals surface area (Å²) in [6, 6.07) is 10.9. The Morgan fingerprint density at radius 1 is 0.833 bits per heavy atom. The fourth-order valence-corrected chi connectivity index (χ4v) is 5.12. The molecular formula is C32H43N9O6S. The highest BCUT2D eigenvalue weighted by Gasteiger charge is 2.31. The molecule has 15 nitrogen and oxygen atoms in total. The lowest BCUT2D eigenvalue weighted by Crippen LogP contribution is -2.58. The Hall–Kier alpha value is -5.09. The molecule has 0 saturated heterocycles. The second-order valence-electron chi connectivity index (χ2n) is 11.2. The van der Waals surface area contributed by atoms with E-state index in [1.807, 2.05) is 54.6 Å². The second kappa shape index (κ2) is 18.3. The number of aromatic amines is 1. The maximum absolute atomic E-state index is 13.8. The van der Waals surface area contributed by atoms with Crippen LogP contribution in [-0.2, 0) is 36.8 Å². The number of carbonyl (C=O) groups excluding carboxylic acids is 4. The molecule has 1 heterocycles. The largest absolute Gasteiger partial charge is 0.480 e. The van der Waals surface area contributed by atoms with Crippen LogP contribution in [0, 0.1) is 0 Å². The molecule has 0 aliphatic carbocycles. The predicted octanol–water partition coefficient (Wildman–Crippen LogP) is -0.692. The quantitative estimate of drug-likeness (QED) is 0.0352. The van der Waals surface area contributed by atoms with Gasteiger partial charge < -0.3 is 48.6 Å². The number of aliphatic imine (C=N–C) groups is 1. The third-order valence-electron chi connectivity index (χ3n) is 7.49. The van der Waals surface area contributed by atoms with Crippen LogP contribution in [0.1, 0.15) is 30.9 Å². The highest BCUT2D eigenvalue weighted by atomic mass is 32.1. The van der Waals surface area contributed by atoms with E-state index in [-0.39, 0.29) is 37.5 Å². The van der Waals surface area contributed by atoms with Gasteiger partial charge in [-0.25, -0.2) is 4.79 Å². The van der Waals surface area contributed by atoms with Crippen molar-refractivity contribution in [2.75, 3.05) is 12.3 Å². The Kier molecular flexibility index (Phi) is 14.2. The Balaban J connectivity index is 1.82. The first-order valence-corrected chi connectivity index (χ1v) is 16.0. The minimum atomic E-state index is -1.28. The number of nitrogens with zero attached hydrogens (tertiary/aromatic N) is 1. The number of hydrogen-bond donors (Lipinski definition) is 10. The van der Waals surface area contributed by atoms with Crippen molar-refractivity contribution < 1.29 is 29.1 Å². The number of para-hydroxylation sites is 1. The van der Waals surface area contributed by atoms with Gasteiger partial charge in [0.1, 0.15) is 24.2 Å². The summed E-state index contributed by atoms with van der Waals surface area (Å²) >= 11 is 3.95. The average molecular weight is 682 g/mol. The number of fused-ring (bicyclic) bond motifs is 1. The molecular weight excluding hydrogens is 638 g/mol. The van der Waals surface area contributed by atoms with Crippen LogP contribution < -0.4 is 38.5 Å². The molecule has 16 heteroatoms. The topological polar surface area (TPSA) is 260 Å². The fraction of sp³-hybridized carbons (Fsp3) is 0.375. The SMILES string of the molecule is C[C@@H](NC(=O)[C@H](Cc1c[nH]c2ccccc12)NC(=O)[C@H](CCCN=C(N)N)NC(=O)[C@@H](N)Cc1ccccc1)C(=O)N[C@@H](CS)C(=O)O. The molecule has 48 heavy (non-hydrogen) atoms. The summed E-state index contributed by atoms with van der Waals surface area (Å²) in [5.74, 6) is -4.26. The van der Waals surface area contributed by atoms with Crippen LogP contribution in [0.5, 0.6) is 0 Å². The molecule has 0 unspecified atom stereocenters. The maximum Gasteiger partial charge on any atom is 0.327 e. The molecule has 0 aliphatic heterocycles. The van der Waals surface area contributed by atoms with Crippen LogP contribution in [0.4, 0.5) is 0 Å². The zero-order chi connectivity index (χ0) is 35.2. The molecule has 3 rings (SSSR count). The number of thiol groups is 1. The summed E-state index contributed by atoms with van der Waals surface area (Å²) < 4.78 is 0. The Morgan fingerprint density at radius 2 is 1.46 bits per heavy atom. The number of nitrogens with two attached hydrogens (primary N) is 3. The lowest BCUT2D eigenvalue weighted by molar-refractivity contribution is -0.141. The highest BCUT2D eigenvalue weighted by molar-refractivity contribution is 7.80. The number of aliphatic carboxylic acids is 1. The number of H-pyrrole nitrogens is 1. The van der Waals surface area contributed by atoms with Gasteiger partial charge in [-0.05, 0) is 43.4 Å². The van der Waals surface area contributed by atoms with Gasteiger partial charge in [0.2, 0.25) is 23.6 Å². The van der Waals surface area contributed by atoms with E-state index in [9.17, 15) is 29.1 Å². The van der Waals surface area contributed by atoms with Crippen LogP contribution in [0.25, 0.3) is 10.9 Å². The van der Waals surface area contributed by atoms with Crippen molar-refractivity contribution in [1.82, 2.24) is 26.3 Å². The molecule has 0 radical (unpaired) electrons. The first kappa shape index (κ1) is 37.4. The summed E-state index contributed by atoms with van der Waals surface area (Å²) in [5.41, 5.74) is 19.4. The van der Waals surface area contributed by atoms with E-state index in [0.717, 1.165) is 16.5 Å². The molecule has 0 bridgehead atoms. The highest BCUT2D eigenvalue weighted by Crippen LogP contribution is 2.19. The van der Waals surface area contributed by atoms with E-state index < -0.39 is 59.8 Å². The maximum atomic E-state index is 13.8. The van der Waals surface area contributed by atoms with Gasteiger partial charge in [-0.15, -0.1) is 0 Å². The van der Waals surface area contributed by atoms with Crippen molar-refractivity contribution in [3.63, 3.8) is 0 Å². The molecule has 2 aromatic carbocycles. The number of guanidine groups is 1. The fourth-order valence-electron chi connectivity index (χ4n) is 4.88. The molecule has 258 valence electrons. The van der Waals surface area contributed by atoms with Gasteiger partial charge in [0, 0.05) is 35.8 Å². The Labute approximate surface area is 283 Å². The van der Waals surface area contributed by atoms with E-state index in [0.29, 0.717) is 12.0 Å². The lowest BCUT2D eigenvalue weighted by atomic mass is 10.0. The van der Waals surface area contributed by atoms with Crippen molar-refractivity contribution in [1.29, 1.82) is 0 Å². The average Bonchev–Trinajstić information content (AvgIpc) is 3.47. The third-order valence-corrected chi connectivity index (χ3v) is 7.86. The molecule has 12 N–H and O–H groups in total. The van der Waals surface area contributed by atoms with Crippen molar-refractivity contribution in [3.8, 4) is 0 Å². The van der Waals surface area contributed by atoms with Gasteiger partial charge in [0.05, 0.1) is 6.04 Å². The van der Waals surface area contributed by atoms with E-state index in [1.54, 1.807) is 6.20 Å². The number of amides is 4. The van der Waals surface area contributed by atoms with Crippen molar-refractivity contribution in [3.05, 3.63) is 71.9 Å². The normalized spacial score (nSPS) is 14.1. The molecule has 3 aromatic rings. The number of carboxylic acids is 1. The number of aromatic nitrogens is 1. The van der Waals surface area contributed by atoms with Crippen LogP contribution in [0.3, 0.4) is 0 Å². The zero-order valence-corrected chi connectivity index (χ0v) is 27.4. The lowest BCUT2D eigenvalue weighted by Gasteiger charge is -2.25. The Morgan fingerprint density at radius 3 is 2.12 bits per heavy atom. The van der Waals surface area contributed by atoms with E-state index >= 15 is 0 Å². The number of carboxylic acid groups (broad SMARTS) is 1. The van der Waals surface area contributed by atoms with Gasteiger partial charge in [-0.2, -0.15) is 12.6 Å². The van der Waals surface area contributed by atoms with Crippen LogP contribution in [-0.4, -0.2) is 88.2 Å². The number of hydrogen-bond acceptors (Lipinski definition) is 8.